The smallest absolute Gasteiger partial charge is 0.248 e. The highest BCUT2D eigenvalue weighted by atomic mass is 16.5. The molecule has 0 radical (unpaired) electrons. The first-order valence-electron chi connectivity index (χ1n) is 16.4. The highest BCUT2D eigenvalue weighted by Gasteiger charge is 2.80. The SMILES string of the molecule is C=CCN(Cc1ccccc1)C(=O)C1N(CCCCO)C(=O)[C@@H]2[C@H](C(=O)N(CC=C)c3ccc(OCC)cc3)[C@@]3(C)OC12CC3C. The first-order valence-corrected chi connectivity index (χ1v) is 16.4. The zero-order valence-electron chi connectivity index (χ0n) is 27.3. The Morgan fingerprint density at radius 3 is 2.39 bits per heavy atom. The van der Waals surface area contributed by atoms with Gasteiger partial charge in [0.15, 0.2) is 0 Å². The van der Waals surface area contributed by atoms with Gasteiger partial charge in [-0.1, -0.05) is 49.4 Å². The number of hydrogen-bond acceptors (Lipinski definition) is 6. The van der Waals surface area contributed by atoms with E-state index in [2.05, 4.69) is 13.2 Å². The van der Waals surface area contributed by atoms with Crippen LogP contribution in [-0.2, 0) is 25.7 Å². The van der Waals surface area contributed by atoms with Crippen LogP contribution in [0.2, 0.25) is 0 Å². The van der Waals surface area contributed by atoms with Crippen molar-refractivity contribution >= 4 is 23.4 Å². The molecule has 46 heavy (non-hydrogen) atoms. The van der Waals surface area contributed by atoms with E-state index in [4.69, 9.17) is 9.47 Å². The van der Waals surface area contributed by atoms with E-state index in [-0.39, 0.29) is 43.3 Å². The fourth-order valence-electron chi connectivity index (χ4n) is 7.90. The molecule has 9 nitrogen and oxygen atoms in total. The molecular formula is C37H47N3O6. The fraction of sp³-hybridized carbons (Fsp3) is 0.486. The van der Waals surface area contributed by atoms with Crippen molar-refractivity contribution in [1.29, 1.82) is 0 Å². The average Bonchev–Trinajstić information content (AvgIpc) is 3.56. The highest BCUT2D eigenvalue weighted by Crippen LogP contribution is 2.65. The Balaban J connectivity index is 1.56. The molecule has 2 aromatic carbocycles. The molecule has 3 unspecified atom stereocenters. The number of anilines is 1. The molecule has 3 fully saturated rings. The van der Waals surface area contributed by atoms with Gasteiger partial charge in [0, 0.05) is 38.5 Å². The van der Waals surface area contributed by atoms with Crippen molar-refractivity contribution in [2.75, 3.05) is 37.7 Å². The molecule has 6 atom stereocenters. The number of aliphatic hydroxyl groups is 1. The number of hydrogen-bond donors (Lipinski definition) is 1. The summed E-state index contributed by atoms with van der Waals surface area (Å²) in [6, 6.07) is 16.1. The van der Waals surface area contributed by atoms with Crippen molar-refractivity contribution in [3.63, 3.8) is 0 Å². The second-order valence-corrected chi connectivity index (χ2v) is 12.8. The third kappa shape index (κ3) is 5.75. The molecule has 3 aliphatic heterocycles. The lowest BCUT2D eigenvalue weighted by molar-refractivity contribution is -0.152. The second kappa shape index (κ2) is 13.8. The Morgan fingerprint density at radius 2 is 1.76 bits per heavy atom. The standard InChI is InChI=1S/C37H47N3O6/c1-6-20-38(25-27-14-10-9-11-15-27)35(44)32-37-24-26(4)36(5,46-37)30(31(37)34(43)40(32)22-12-13-23-41)33(42)39(21-7-2)28-16-18-29(19-17-28)45-8-3/h6-7,9-11,14-19,26,30-32,41H,1-2,8,12-13,20-25H2,3-5H3/t26?,30-,31+,32?,36+,37?/m1/s1. The van der Waals surface area contributed by atoms with E-state index in [0.717, 1.165) is 5.56 Å². The summed E-state index contributed by atoms with van der Waals surface area (Å²) in [5.74, 6) is -1.72. The second-order valence-electron chi connectivity index (χ2n) is 12.8. The van der Waals surface area contributed by atoms with E-state index < -0.39 is 29.1 Å². The number of aliphatic hydroxyl groups excluding tert-OH is 1. The molecule has 1 spiro atoms. The van der Waals surface area contributed by atoms with Crippen LogP contribution in [0.15, 0.2) is 79.9 Å². The Morgan fingerprint density at radius 1 is 1.07 bits per heavy atom. The van der Waals surface area contributed by atoms with Gasteiger partial charge in [0.05, 0.1) is 24.0 Å². The molecule has 3 heterocycles. The summed E-state index contributed by atoms with van der Waals surface area (Å²) in [5, 5.41) is 9.54. The summed E-state index contributed by atoms with van der Waals surface area (Å²) in [6.07, 6.45) is 4.86. The van der Waals surface area contributed by atoms with Crippen molar-refractivity contribution in [3.05, 3.63) is 85.5 Å². The zero-order chi connectivity index (χ0) is 33.1. The lowest BCUT2D eigenvalue weighted by atomic mass is 9.62. The van der Waals surface area contributed by atoms with E-state index in [1.807, 2.05) is 75.4 Å². The summed E-state index contributed by atoms with van der Waals surface area (Å²) < 4.78 is 12.6. The lowest BCUT2D eigenvalue weighted by Crippen LogP contribution is -2.57. The molecule has 246 valence electrons. The van der Waals surface area contributed by atoms with Crippen molar-refractivity contribution in [3.8, 4) is 5.75 Å². The first-order chi connectivity index (χ1) is 22.2. The minimum atomic E-state index is -1.17. The van der Waals surface area contributed by atoms with E-state index in [1.165, 1.54) is 0 Å². The quantitative estimate of drug-likeness (QED) is 0.228. The van der Waals surface area contributed by atoms with Gasteiger partial charge < -0.3 is 29.3 Å². The number of likely N-dealkylation sites (tertiary alicyclic amines) is 1. The number of fused-ring (bicyclic) bond motifs is 1. The van der Waals surface area contributed by atoms with E-state index >= 15 is 0 Å². The zero-order valence-corrected chi connectivity index (χ0v) is 27.3. The highest BCUT2D eigenvalue weighted by molar-refractivity contribution is 6.03. The van der Waals surface area contributed by atoms with Gasteiger partial charge in [-0.2, -0.15) is 0 Å². The van der Waals surface area contributed by atoms with E-state index in [1.54, 1.807) is 26.9 Å². The van der Waals surface area contributed by atoms with Crippen LogP contribution in [-0.4, -0.2) is 82.7 Å². The van der Waals surface area contributed by atoms with Crippen LogP contribution in [0.4, 0.5) is 5.69 Å². The maximum Gasteiger partial charge on any atom is 0.248 e. The van der Waals surface area contributed by atoms with Crippen LogP contribution in [0.3, 0.4) is 0 Å². The van der Waals surface area contributed by atoms with Crippen LogP contribution in [0, 0.1) is 17.8 Å². The number of ether oxygens (including phenoxy) is 2. The van der Waals surface area contributed by atoms with Gasteiger partial charge >= 0.3 is 0 Å². The maximum atomic E-state index is 14.7. The molecule has 3 aliphatic rings. The normalized spacial score (nSPS) is 27.7. The number of benzene rings is 2. The van der Waals surface area contributed by atoms with Gasteiger partial charge in [0.2, 0.25) is 17.7 Å². The Hall–Kier alpha value is -3.95. The molecule has 2 aromatic rings. The summed E-state index contributed by atoms with van der Waals surface area (Å²) in [4.78, 5) is 49.1. The van der Waals surface area contributed by atoms with Crippen LogP contribution in [0.25, 0.3) is 0 Å². The molecule has 1 N–H and O–H groups in total. The largest absolute Gasteiger partial charge is 0.494 e. The Bertz CT molecular complexity index is 1430. The lowest BCUT2D eigenvalue weighted by Gasteiger charge is -2.39. The monoisotopic (exact) mass is 629 g/mol. The minimum absolute atomic E-state index is 0.0167. The van der Waals surface area contributed by atoms with Crippen molar-refractivity contribution in [2.45, 2.75) is 63.8 Å². The van der Waals surface area contributed by atoms with Gasteiger partial charge in [-0.25, -0.2) is 0 Å². The van der Waals surface area contributed by atoms with Gasteiger partial charge in [0.25, 0.3) is 0 Å². The van der Waals surface area contributed by atoms with Gasteiger partial charge in [0.1, 0.15) is 17.4 Å². The Labute approximate surface area is 272 Å². The van der Waals surface area contributed by atoms with Crippen LogP contribution in [0.5, 0.6) is 5.75 Å². The summed E-state index contributed by atoms with van der Waals surface area (Å²) >= 11 is 0. The van der Waals surface area contributed by atoms with Gasteiger partial charge in [-0.05, 0) is 68.9 Å². The molecule has 0 aromatic heterocycles. The molecular weight excluding hydrogens is 582 g/mol. The van der Waals surface area contributed by atoms with Crippen molar-refractivity contribution in [1.82, 2.24) is 9.80 Å². The number of carbonyl (C=O) groups is 3. The van der Waals surface area contributed by atoms with E-state index in [0.29, 0.717) is 50.4 Å². The van der Waals surface area contributed by atoms with Crippen molar-refractivity contribution in [2.24, 2.45) is 17.8 Å². The fourth-order valence-corrected chi connectivity index (χ4v) is 7.90. The Kier molecular flexibility index (Phi) is 10.0. The van der Waals surface area contributed by atoms with Crippen LogP contribution >= 0.6 is 0 Å². The third-order valence-corrected chi connectivity index (χ3v) is 10.0. The first kappa shape index (κ1) is 33.4. The predicted octanol–water partition coefficient (Wildman–Crippen LogP) is 4.60. The topological polar surface area (TPSA) is 99.6 Å². The number of carbonyl (C=O) groups excluding carboxylic acids is 3. The number of unbranched alkanes of at least 4 members (excludes halogenated alkanes) is 1. The predicted molar refractivity (Wildman–Crippen MR) is 177 cm³/mol. The maximum absolute atomic E-state index is 14.7. The van der Waals surface area contributed by atoms with Gasteiger partial charge in [-0.3, -0.25) is 14.4 Å². The number of nitrogens with zero attached hydrogens (tertiary/aromatic N) is 3. The number of rotatable bonds is 15. The van der Waals surface area contributed by atoms with Crippen LogP contribution in [0.1, 0.15) is 45.6 Å². The molecule has 9 heteroatoms. The number of amides is 3. The third-order valence-electron chi connectivity index (χ3n) is 10.0. The van der Waals surface area contributed by atoms with Gasteiger partial charge in [-0.15, -0.1) is 13.2 Å². The summed E-state index contributed by atoms with van der Waals surface area (Å²) in [7, 11) is 0. The summed E-state index contributed by atoms with van der Waals surface area (Å²) in [6.45, 7) is 15.4. The molecule has 2 bridgehead atoms. The molecule has 0 aliphatic carbocycles. The average molecular weight is 630 g/mol. The molecule has 0 saturated carbocycles. The molecule has 3 saturated heterocycles. The molecule has 5 rings (SSSR count). The minimum Gasteiger partial charge on any atom is -0.494 e. The van der Waals surface area contributed by atoms with Crippen LogP contribution < -0.4 is 9.64 Å². The van der Waals surface area contributed by atoms with E-state index in [9.17, 15) is 19.5 Å². The molecule has 3 amide bonds. The summed E-state index contributed by atoms with van der Waals surface area (Å²) in [5.41, 5.74) is -0.500. The van der Waals surface area contributed by atoms with Crippen molar-refractivity contribution < 1.29 is 29.0 Å².